The van der Waals surface area contributed by atoms with Gasteiger partial charge in [-0.05, 0) is 30.2 Å². The molecule has 90 valence electrons. The van der Waals surface area contributed by atoms with Crippen LogP contribution in [0.25, 0.3) is 0 Å². The van der Waals surface area contributed by atoms with Crippen molar-refractivity contribution in [3.05, 3.63) is 53.7 Å². The van der Waals surface area contributed by atoms with Crippen molar-refractivity contribution < 1.29 is 4.39 Å². The number of nitrogens with zero attached hydrogens (tertiary/aromatic N) is 3. The Labute approximate surface area is 104 Å². The van der Waals surface area contributed by atoms with Gasteiger partial charge in [0.05, 0.1) is 0 Å². The van der Waals surface area contributed by atoms with Gasteiger partial charge in [0, 0.05) is 12.7 Å². The van der Waals surface area contributed by atoms with Crippen LogP contribution in [0.5, 0.6) is 0 Å². The van der Waals surface area contributed by atoms with Crippen molar-refractivity contribution in [2.24, 2.45) is 0 Å². The summed E-state index contributed by atoms with van der Waals surface area (Å²) in [4.78, 5) is 7.77. The smallest absolute Gasteiger partial charge is 0.234 e. The fraction of sp³-hybridized carbons (Fsp3) is 0.154. The second-order valence-corrected chi connectivity index (χ2v) is 3.68. The molecule has 0 saturated heterocycles. The number of hydrogen-bond donors (Lipinski definition) is 1. The van der Waals surface area contributed by atoms with Crippen molar-refractivity contribution in [3.63, 3.8) is 0 Å². The zero-order chi connectivity index (χ0) is 12.8. The third-order valence-electron chi connectivity index (χ3n) is 2.39. The fourth-order valence-electron chi connectivity index (χ4n) is 1.50. The Bertz CT molecular complexity index is 560. The normalized spacial score (nSPS) is 9.78. The van der Waals surface area contributed by atoms with Crippen molar-refractivity contribution in [3.8, 4) is 6.07 Å². The van der Waals surface area contributed by atoms with Gasteiger partial charge in [0.25, 0.3) is 0 Å². The summed E-state index contributed by atoms with van der Waals surface area (Å²) in [5.74, 6) is 0.520. The lowest BCUT2D eigenvalue weighted by Gasteiger charge is -2.05. The van der Waals surface area contributed by atoms with Gasteiger partial charge >= 0.3 is 0 Å². The molecule has 0 bridgehead atoms. The molecule has 0 fully saturated rings. The van der Waals surface area contributed by atoms with Crippen molar-refractivity contribution in [2.75, 3.05) is 11.9 Å². The minimum Gasteiger partial charge on any atom is -0.370 e. The van der Waals surface area contributed by atoms with Crippen LogP contribution < -0.4 is 5.32 Å². The predicted octanol–water partition coefficient (Wildman–Crippen LogP) is 2.14. The number of rotatable bonds is 4. The van der Waals surface area contributed by atoms with Crippen LogP contribution in [-0.2, 0) is 6.42 Å². The lowest BCUT2D eigenvalue weighted by molar-refractivity contribution is 0.627. The first-order valence-corrected chi connectivity index (χ1v) is 5.49. The standard InChI is InChI=1S/C13H11FN4/c14-11-3-1-10(2-4-11)5-7-16-12-6-8-17-13(9-15)18-12/h1-4,6,8H,5,7H2,(H,16,17,18). The molecule has 18 heavy (non-hydrogen) atoms. The van der Waals surface area contributed by atoms with Crippen LogP contribution in [0.1, 0.15) is 11.4 Å². The maximum Gasteiger partial charge on any atom is 0.234 e. The molecule has 1 aromatic heterocycles. The zero-order valence-corrected chi connectivity index (χ0v) is 9.60. The van der Waals surface area contributed by atoms with E-state index in [1.807, 2.05) is 6.07 Å². The van der Waals surface area contributed by atoms with E-state index in [4.69, 9.17) is 5.26 Å². The summed E-state index contributed by atoms with van der Waals surface area (Å²) in [5, 5.41) is 11.7. The second kappa shape index (κ2) is 5.73. The Morgan fingerprint density at radius 2 is 2.00 bits per heavy atom. The fourth-order valence-corrected chi connectivity index (χ4v) is 1.50. The average molecular weight is 242 g/mol. The van der Waals surface area contributed by atoms with E-state index in [9.17, 15) is 4.39 Å². The van der Waals surface area contributed by atoms with E-state index in [1.54, 1.807) is 18.2 Å². The number of aromatic nitrogens is 2. The third-order valence-corrected chi connectivity index (χ3v) is 2.39. The Morgan fingerprint density at radius 3 is 2.72 bits per heavy atom. The topological polar surface area (TPSA) is 61.6 Å². The maximum atomic E-state index is 12.7. The van der Waals surface area contributed by atoms with Gasteiger partial charge < -0.3 is 5.32 Å². The highest BCUT2D eigenvalue weighted by molar-refractivity contribution is 5.35. The molecule has 2 aromatic rings. The molecule has 1 heterocycles. The molecule has 4 nitrogen and oxygen atoms in total. The molecule has 1 aromatic carbocycles. The van der Waals surface area contributed by atoms with Crippen molar-refractivity contribution in [2.45, 2.75) is 6.42 Å². The van der Waals surface area contributed by atoms with Gasteiger partial charge in [-0.2, -0.15) is 5.26 Å². The average Bonchev–Trinajstić information content (AvgIpc) is 2.41. The summed E-state index contributed by atoms with van der Waals surface area (Å²) in [6.07, 6.45) is 2.29. The van der Waals surface area contributed by atoms with E-state index in [0.717, 1.165) is 12.0 Å². The molecule has 0 aliphatic carbocycles. The number of halogens is 1. The molecule has 0 unspecified atom stereocenters. The van der Waals surface area contributed by atoms with Gasteiger partial charge in [-0.3, -0.25) is 0 Å². The van der Waals surface area contributed by atoms with Crippen LogP contribution in [0.2, 0.25) is 0 Å². The molecule has 0 saturated carbocycles. The molecule has 0 aliphatic rings. The third kappa shape index (κ3) is 3.25. The number of hydrogen-bond acceptors (Lipinski definition) is 4. The van der Waals surface area contributed by atoms with Gasteiger partial charge in [-0.25, -0.2) is 14.4 Å². The van der Waals surface area contributed by atoms with Crippen molar-refractivity contribution in [1.29, 1.82) is 5.26 Å². The van der Waals surface area contributed by atoms with Gasteiger partial charge in [0.2, 0.25) is 5.82 Å². The first kappa shape index (κ1) is 12.0. The Morgan fingerprint density at radius 1 is 1.22 bits per heavy atom. The summed E-state index contributed by atoms with van der Waals surface area (Å²) >= 11 is 0. The van der Waals surface area contributed by atoms with Gasteiger partial charge in [-0.15, -0.1) is 0 Å². The predicted molar refractivity (Wildman–Crippen MR) is 65.3 cm³/mol. The van der Waals surface area contributed by atoms with Crippen molar-refractivity contribution in [1.82, 2.24) is 9.97 Å². The molecule has 0 aliphatic heterocycles. The molecule has 5 heteroatoms. The quantitative estimate of drug-likeness (QED) is 0.892. The Balaban J connectivity index is 1.88. The minimum absolute atomic E-state index is 0.141. The molecule has 0 amide bonds. The highest BCUT2D eigenvalue weighted by Crippen LogP contribution is 2.05. The summed E-state index contributed by atoms with van der Waals surface area (Å²) in [7, 11) is 0. The van der Waals surface area contributed by atoms with E-state index in [0.29, 0.717) is 12.4 Å². The molecule has 1 N–H and O–H groups in total. The summed E-state index contributed by atoms with van der Waals surface area (Å²) < 4.78 is 12.7. The lowest BCUT2D eigenvalue weighted by atomic mass is 10.1. The number of nitrogens with one attached hydrogen (secondary N) is 1. The molecule has 0 radical (unpaired) electrons. The lowest BCUT2D eigenvalue weighted by Crippen LogP contribution is -2.07. The van der Waals surface area contributed by atoms with Crippen LogP contribution in [0.4, 0.5) is 10.2 Å². The first-order valence-electron chi connectivity index (χ1n) is 5.49. The summed E-state index contributed by atoms with van der Waals surface area (Å²) in [5.41, 5.74) is 1.04. The van der Waals surface area contributed by atoms with E-state index >= 15 is 0 Å². The van der Waals surface area contributed by atoms with Gasteiger partial charge in [0.15, 0.2) is 0 Å². The van der Waals surface area contributed by atoms with E-state index in [2.05, 4.69) is 15.3 Å². The van der Waals surface area contributed by atoms with Crippen LogP contribution in [0, 0.1) is 17.1 Å². The molecular formula is C13H11FN4. The van der Waals surface area contributed by atoms with Crippen LogP contribution in [0.3, 0.4) is 0 Å². The Hall–Kier alpha value is -2.48. The highest BCUT2D eigenvalue weighted by atomic mass is 19.1. The van der Waals surface area contributed by atoms with Crippen molar-refractivity contribution >= 4 is 5.82 Å². The zero-order valence-electron chi connectivity index (χ0n) is 9.60. The van der Waals surface area contributed by atoms with Gasteiger partial charge in [0.1, 0.15) is 17.7 Å². The maximum absolute atomic E-state index is 12.7. The largest absolute Gasteiger partial charge is 0.370 e. The SMILES string of the molecule is N#Cc1nccc(NCCc2ccc(F)cc2)n1. The minimum atomic E-state index is -0.235. The van der Waals surface area contributed by atoms with E-state index < -0.39 is 0 Å². The van der Waals surface area contributed by atoms with E-state index in [1.165, 1.54) is 18.3 Å². The number of anilines is 1. The summed E-state index contributed by atoms with van der Waals surface area (Å²) in [6.45, 7) is 0.660. The van der Waals surface area contributed by atoms with Crippen LogP contribution in [-0.4, -0.2) is 16.5 Å². The summed E-state index contributed by atoms with van der Waals surface area (Å²) in [6, 6.07) is 9.95. The Kier molecular flexibility index (Phi) is 3.82. The molecule has 2 rings (SSSR count). The van der Waals surface area contributed by atoms with Crippen LogP contribution >= 0.6 is 0 Å². The first-order chi connectivity index (χ1) is 8.78. The second-order valence-electron chi connectivity index (χ2n) is 3.68. The van der Waals surface area contributed by atoms with Crippen LogP contribution in [0.15, 0.2) is 36.5 Å². The number of benzene rings is 1. The molecular weight excluding hydrogens is 231 g/mol. The van der Waals surface area contributed by atoms with E-state index in [-0.39, 0.29) is 11.6 Å². The molecule has 0 atom stereocenters. The molecule has 0 spiro atoms. The highest BCUT2D eigenvalue weighted by Gasteiger charge is 1.98. The monoisotopic (exact) mass is 242 g/mol. The van der Waals surface area contributed by atoms with Gasteiger partial charge in [-0.1, -0.05) is 12.1 Å². The number of nitriles is 1.